The van der Waals surface area contributed by atoms with Gasteiger partial charge >= 0.3 is 0 Å². The van der Waals surface area contributed by atoms with Gasteiger partial charge in [0, 0.05) is 19.2 Å². The van der Waals surface area contributed by atoms with Crippen LogP contribution in [0.3, 0.4) is 0 Å². The summed E-state index contributed by atoms with van der Waals surface area (Å²) >= 11 is 0. The average molecular weight is 455 g/mol. The molecule has 0 aliphatic rings. The molecule has 0 spiro atoms. The van der Waals surface area contributed by atoms with Crippen LogP contribution in [0.2, 0.25) is 0 Å². The van der Waals surface area contributed by atoms with E-state index in [-0.39, 0.29) is 10.8 Å². The molecule has 0 radical (unpaired) electrons. The number of amides is 1. The van der Waals surface area contributed by atoms with Crippen molar-refractivity contribution in [2.75, 3.05) is 21.2 Å². The molecule has 0 aliphatic heterocycles. The van der Waals surface area contributed by atoms with Gasteiger partial charge in [-0.1, -0.05) is 42.5 Å². The molecular formula is C24H26N2O5S. The van der Waals surface area contributed by atoms with Crippen LogP contribution in [0.5, 0.6) is 11.5 Å². The maximum atomic E-state index is 12.9. The van der Waals surface area contributed by atoms with Crippen molar-refractivity contribution < 1.29 is 22.7 Å². The van der Waals surface area contributed by atoms with E-state index in [4.69, 9.17) is 9.47 Å². The molecular weight excluding hydrogens is 428 g/mol. The molecule has 7 nitrogen and oxygen atoms in total. The van der Waals surface area contributed by atoms with Crippen LogP contribution in [0.25, 0.3) is 0 Å². The molecule has 8 heteroatoms. The van der Waals surface area contributed by atoms with Crippen molar-refractivity contribution in [2.45, 2.75) is 18.0 Å². The summed E-state index contributed by atoms with van der Waals surface area (Å²) in [6, 6.07) is 21.3. The Hall–Kier alpha value is -3.36. The van der Waals surface area contributed by atoms with E-state index in [0.29, 0.717) is 30.2 Å². The number of hydrogen-bond donors (Lipinski definition) is 1. The molecule has 3 aromatic carbocycles. The van der Waals surface area contributed by atoms with Crippen LogP contribution in [0.4, 0.5) is 0 Å². The van der Waals surface area contributed by atoms with Crippen LogP contribution < -0.4 is 14.2 Å². The highest BCUT2D eigenvalue weighted by Gasteiger charge is 2.17. The van der Waals surface area contributed by atoms with Crippen molar-refractivity contribution in [1.82, 2.24) is 9.62 Å². The minimum absolute atomic E-state index is 0.0424. The first-order valence-corrected chi connectivity index (χ1v) is 11.4. The van der Waals surface area contributed by atoms with E-state index in [1.165, 1.54) is 24.1 Å². The predicted molar refractivity (Wildman–Crippen MR) is 122 cm³/mol. The van der Waals surface area contributed by atoms with E-state index in [1.807, 2.05) is 48.5 Å². The molecule has 1 N–H and O–H groups in total. The predicted octanol–water partition coefficient (Wildman–Crippen LogP) is 3.45. The van der Waals surface area contributed by atoms with Gasteiger partial charge in [-0.2, -0.15) is 0 Å². The number of nitrogens with one attached hydrogen (secondary N) is 1. The molecule has 0 saturated heterocycles. The highest BCUT2D eigenvalue weighted by atomic mass is 32.2. The van der Waals surface area contributed by atoms with Gasteiger partial charge in [-0.15, -0.1) is 0 Å². The Labute approximate surface area is 188 Å². The monoisotopic (exact) mass is 454 g/mol. The molecule has 0 saturated carbocycles. The van der Waals surface area contributed by atoms with Crippen molar-refractivity contribution >= 4 is 15.9 Å². The molecule has 168 valence electrons. The minimum Gasteiger partial charge on any atom is -0.493 e. The fourth-order valence-corrected chi connectivity index (χ4v) is 3.92. The lowest BCUT2D eigenvalue weighted by Gasteiger charge is -2.19. The van der Waals surface area contributed by atoms with E-state index in [1.54, 1.807) is 26.3 Å². The number of carbonyl (C=O) groups excluding carboxylic acids is 1. The third kappa shape index (κ3) is 5.66. The summed E-state index contributed by atoms with van der Waals surface area (Å²) in [5.41, 5.74) is 2.19. The van der Waals surface area contributed by atoms with Gasteiger partial charge in [-0.3, -0.25) is 4.79 Å². The Morgan fingerprint density at radius 3 is 2.38 bits per heavy atom. The second-order valence-electron chi connectivity index (χ2n) is 7.16. The standard InChI is InChI=1S/C24H26N2O5S/c1-25-32(28,29)21-11-7-10-20(15-21)24(27)26(2)16-19-12-13-22(23(14-19)30-3)31-17-18-8-5-4-6-9-18/h4-15,25H,16-17H2,1-3H3. The molecule has 1 amide bonds. The quantitative estimate of drug-likeness (QED) is 0.535. The van der Waals surface area contributed by atoms with Gasteiger partial charge < -0.3 is 14.4 Å². The molecule has 0 unspecified atom stereocenters. The number of hydrogen-bond acceptors (Lipinski definition) is 5. The lowest BCUT2D eigenvalue weighted by atomic mass is 10.1. The van der Waals surface area contributed by atoms with Gasteiger partial charge in [-0.25, -0.2) is 13.1 Å². The number of carbonyl (C=O) groups is 1. The first-order valence-electron chi connectivity index (χ1n) is 9.97. The van der Waals surface area contributed by atoms with Gasteiger partial charge in [0.1, 0.15) is 6.61 Å². The Balaban J connectivity index is 1.71. The maximum Gasteiger partial charge on any atom is 0.253 e. The van der Waals surface area contributed by atoms with Crippen LogP contribution in [0.1, 0.15) is 21.5 Å². The van der Waals surface area contributed by atoms with Crippen LogP contribution >= 0.6 is 0 Å². The lowest BCUT2D eigenvalue weighted by Crippen LogP contribution is -2.26. The Kier molecular flexibility index (Phi) is 7.50. The summed E-state index contributed by atoms with van der Waals surface area (Å²) in [4.78, 5) is 14.4. The number of methoxy groups -OCH3 is 1. The largest absolute Gasteiger partial charge is 0.493 e. The number of rotatable bonds is 9. The van der Waals surface area contributed by atoms with Gasteiger partial charge in [0.2, 0.25) is 10.0 Å². The van der Waals surface area contributed by atoms with Gasteiger partial charge in [0.15, 0.2) is 11.5 Å². The van der Waals surface area contributed by atoms with Crippen molar-refractivity contribution in [2.24, 2.45) is 0 Å². The molecule has 32 heavy (non-hydrogen) atoms. The minimum atomic E-state index is -3.63. The topological polar surface area (TPSA) is 84.9 Å². The molecule has 0 aliphatic carbocycles. The van der Waals surface area contributed by atoms with Crippen molar-refractivity contribution in [1.29, 1.82) is 0 Å². The third-order valence-corrected chi connectivity index (χ3v) is 6.30. The number of benzene rings is 3. The SMILES string of the molecule is CNS(=O)(=O)c1cccc(C(=O)N(C)Cc2ccc(OCc3ccccc3)c(OC)c2)c1. The molecule has 0 bridgehead atoms. The summed E-state index contributed by atoms with van der Waals surface area (Å²) in [7, 11) is 0.928. The Morgan fingerprint density at radius 1 is 0.938 bits per heavy atom. The normalized spacial score (nSPS) is 11.1. The Morgan fingerprint density at radius 2 is 1.69 bits per heavy atom. The zero-order chi connectivity index (χ0) is 23.1. The zero-order valence-electron chi connectivity index (χ0n) is 18.2. The van der Waals surface area contributed by atoms with E-state index in [9.17, 15) is 13.2 Å². The number of nitrogens with zero attached hydrogens (tertiary/aromatic N) is 1. The summed E-state index contributed by atoms with van der Waals surface area (Å²) in [5.74, 6) is 0.891. The van der Waals surface area contributed by atoms with Gasteiger partial charge in [0.25, 0.3) is 5.91 Å². The van der Waals surface area contributed by atoms with Gasteiger partial charge in [-0.05, 0) is 48.5 Å². The van der Waals surface area contributed by atoms with E-state index in [0.717, 1.165) is 11.1 Å². The number of sulfonamides is 1. The fraction of sp³-hybridized carbons (Fsp3) is 0.208. The molecule has 3 aromatic rings. The lowest BCUT2D eigenvalue weighted by molar-refractivity contribution is 0.0784. The van der Waals surface area contributed by atoms with Crippen LogP contribution in [-0.2, 0) is 23.2 Å². The molecule has 0 aromatic heterocycles. The first-order chi connectivity index (χ1) is 15.3. The summed E-state index contributed by atoms with van der Waals surface area (Å²) in [6.45, 7) is 0.734. The van der Waals surface area contributed by atoms with Crippen LogP contribution in [0, 0.1) is 0 Å². The van der Waals surface area contributed by atoms with Crippen molar-refractivity contribution in [3.8, 4) is 11.5 Å². The van der Waals surface area contributed by atoms with E-state index in [2.05, 4.69) is 4.72 Å². The summed E-state index contributed by atoms with van der Waals surface area (Å²) in [5, 5.41) is 0. The van der Waals surface area contributed by atoms with Gasteiger partial charge in [0.05, 0.1) is 12.0 Å². The second-order valence-corrected chi connectivity index (χ2v) is 9.04. The smallest absolute Gasteiger partial charge is 0.253 e. The van der Waals surface area contributed by atoms with Crippen molar-refractivity contribution in [3.63, 3.8) is 0 Å². The van der Waals surface area contributed by atoms with E-state index < -0.39 is 10.0 Å². The Bertz CT molecular complexity index is 1180. The van der Waals surface area contributed by atoms with E-state index >= 15 is 0 Å². The van der Waals surface area contributed by atoms with Crippen LogP contribution in [-0.4, -0.2) is 40.4 Å². The molecule has 3 rings (SSSR count). The maximum absolute atomic E-state index is 12.9. The number of ether oxygens (including phenoxy) is 2. The molecule has 0 heterocycles. The second kappa shape index (κ2) is 10.3. The third-order valence-electron chi connectivity index (χ3n) is 4.89. The molecule has 0 atom stereocenters. The fourth-order valence-electron chi connectivity index (χ4n) is 3.15. The summed E-state index contributed by atoms with van der Waals surface area (Å²) in [6.07, 6.45) is 0. The van der Waals surface area contributed by atoms with Crippen LogP contribution in [0.15, 0.2) is 77.7 Å². The van der Waals surface area contributed by atoms with Crippen molar-refractivity contribution in [3.05, 3.63) is 89.5 Å². The average Bonchev–Trinajstić information content (AvgIpc) is 2.83. The first kappa shape index (κ1) is 23.3. The molecule has 0 fully saturated rings. The highest BCUT2D eigenvalue weighted by molar-refractivity contribution is 7.89. The zero-order valence-corrected chi connectivity index (χ0v) is 19.1. The highest BCUT2D eigenvalue weighted by Crippen LogP contribution is 2.29. The summed E-state index contributed by atoms with van der Waals surface area (Å²) < 4.78 is 37.6.